The van der Waals surface area contributed by atoms with Gasteiger partial charge in [0.15, 0.2) is 5.69 Å². The lowest BCUT2D eigenvalue weighted by Gasteiger charge is -2.25. The van der Waals surface area contributed by atoms with Crippen molar-refractivity contribution in [2.45, 2.75) is 58.5 Å². The predicted octanol–water partition coefficient (Wildman–Crippen LogP) is 1.77. The number of rotatable bonds is 5. The molecule has 6 heteroatoms. The van der Waals surface area contributed by atoms with E-state index in [1.807, 2.05) is 16.5 Å². The Labute approximate surface area is 132 Å². The zero-order chi connectivity index (χ0) is 15.7. The van der Waals surface area contributed by atoms with Gasteiger partial charge in [-0.1, -0.05) is 19.1 Å². The van der Waals surface area contributed by atoms with Crippen molar-refractivity contribution in [3.63, 3.8) is 0 Å². The highest BCUT2D eigenvalue weighted by atomic mass is 16.2. The van der Waals surface area contributed by atoms with Crippen LogP contribution in [-0.4, -0.2) is 51.5 Å². The molecular weight excluding hydrogens is 278 g/mol. The van der Waals surface area contributed by atoms with Crippen molar-refractivity contribution in [1.29, 1.82) is 0 Å². The van der Waals surface area contributed by atoms with Gasteiger partial charge in [0.2, 0.25) is 0 Å². The molecule has 1 aliphatic heterocycles. The predicted molar refractivity (Wildman–Crippen MR) is 84.8 cm³/mol. The fraction of sp³-hybridized carbons (Fsp3) is 0.812. The zero-order valence-electron chi connectivity index (χ0n) is 13.9. The summed E-state index contributed by atoms with van der Waals surface area (Å²) in [5.74, 6) is 0.540. The van der Waals surface area contributed by atoms with Crippen LogP contribution in [0.15, 0.2) is 0 Å². The molecule has 0 radical (unpaired) electrons. The van der Waals surface area contributed by atoms with E-state index in [4.69, 9.17) is 0 Å². The molecule has 2 aliphatic rings. The Balaban J connectivity index is 1.78. The second-order valence-electron chi connectivity index (χ2n) is 7.03. The Morgan fingerprint density at radius 2 is 2.00 bits per heavy atom. The van der Waals surface area contributed by atoms with Crippen LogP contribution in [0.5, 0.6) is 0 Å². The largest absolute Gasteiger partial charge is 0.334 e. The van der Waals surface area contributed by atoms with E-state index in [-0.39, 0.29) is 5.91 Å². The summed E-state index contributed by atoms with van der Waals surface area (Å²) in [7, 11) is 0. The second kappa shape index (κ2) is 6.36. The molecule has 2 fully saturated rings. The number of piperidine rings is 1. The number of aromatic nitrogens is 3. The van der Waals surface area contributed by atoms with Crippen LogP contribution in [0.2, 0.25) is 0 Å². The maximum absolute atomic E-state index is 12.9. The smallest absolute Gasteiger partial charge is 0.276 e. The molecular formula is C16H27N5O. The van der Waals surface area contributed by atoms with Gasteiger partial charge in [-0.05, 0) is 51.6 Å². The molecule has 1 aromatic rings. The van der Waals surface area contributed by atoms with Gasteiger partial charge in [0, 0.05) is 12.6 Å². The molecule has 0 atom stereocenters. The topological polar surface area (TPSA) is 63.1 Å². The summed E-state index contributed by atoms with van der Waals surface area (Å²) >= 11 is 0. The molecule has 1 saturated carbocycles. The molecule has 1 saturated heterocycles. The minimum absolute atomic E-state index is 0.0638. The number of amides is 1. The number of hydrogen-bond acceptors (Lipinski definition) is 4. The number of nitrogens with one attached hydrogen (secondary N) is 1. The molecule has 1 aliphatic carbocycles. The lowest BCUT2D eigenvalue weighted by molar-refractivity contribution is 0.0715. The summed E-state index contributed by atoms with van der Waals surface area (Å²) in [6, 6.07) is 0.785. The van der Waals surface area contributed by atoms with Crippen LogP contribution in [0, 0.1) is 12.8 Å². The van der Waals surface area contributed by atoms with Gasteiger partial charge in [-0.2, -0.15) is 0 Å². The third-order valence-corrected chi connectivity index (χ3v) is 4.59. The van der Waals surface area contributed by atoms with Gasteiger partial charge in [0.05, 0.1) is 11.7 Å². The van der Waals surface area contributed by atoms with Gasteiger partial charge >= 0.3 is 0 Å². The van der Waals surface area contributed by atoms with Crippen molar-refractivity contribution in [2.24, 2.45) is 5.92 Å². The third kappa shape index (κ3) is 3.16. The summed E-state index contributed by atoms with van der Waals surface area (Å²) in [6.45, 7) is 9.12. The van der Waals surface area contributed by atoms with E-state index < -0.39 is 0 Å². The van der Waals surface area contributed by atoms with Crippen molar-refractivity contribution in [3.05, 3.63) is 11.4 Å². The first-order valence-electron chi connectivity index (χ1n) is 8.51. The molecule has 3 rings (SSSR count). The Morgan fingerprint density at radius 1 is 1.32 bits per heavy atom. The summed E-state index contributed by atoms with van der Waals surface area (Å²) < 4.78 is 1.97. The normalized spacial score (nSPS) is 19.6. The zero-order valence-corrected chi connectivity index (χ0v) is 13.9. The maximum atomic E-state index is 12.9. The first-order valence-corrected chi connectivity index (χ1v) is 8.51. The lowest BCUT2D eigenvalue weighted by atomic mass is 10.1. The van der Waals surface area contributed by atoms with Crippen LogP contribution in [-0.2, 0) is 0 Å². The van der Waals surface area contributed by atoms with Crippen LogP contribution in [0.1, 0.15) is 61.8 Å². The van der Waals surface area contributed by atoms with E-state index >= 15 is 0 Å². The van der Waals surface area contributed by atoms with Crippen LogP contribution in [0.4, 0.5) is 0 Å². The van der Waals surface area contributed by atoms with E-state index in [9.17, 15) is 4.79 Å². The van der Waals surface area contributed by atoms with Crippen LogP contribution in [0.25, 0.3) is 0 Å². The molecule has 0 bridgehead atoms. The van der Waals surface area contributed by atoms with Gasteiger partial charge in [-0.3, -0.25) is 4.79 Å². The van der Waals surface area contributed by atoms with E-state index in [0.717, 1.165) is 51.0 Å². The van der Waals surface area contributed by atoms with E-state index in [0.29, 0.717) is 23.7 Å². The summed E-state index contributed by atoms with van der Waals surface area (Å²) in [5, 5.41) is 11.9. The fourth-order valence-corrected chi connectivity index (χ4v) is 3.25. The first-order chi connectivity index (χ1) is 10.6. The molecule has 0 spiro atoms. The number of nitrogens with zero attached hydrogens (tertiary/aromatic N) is 4. The maximum Gasteiger partial charge on any atom is 0.276 e. The average Bonchev–Trinajstić information content (AvgIpc) is 3.27. The van der Waals surface area contributed by atoms with Gasteiger partial charge in [0.1, 0.15) is 0 Å². The van der Waals surface area contributed by atoms with Crippen molar-refractivity contribution in [3.8, 4) is 0 Å². The molecule has 0 unspecified atom stereocenters. The van der Waals surface area contributed by atoms with Crippen molar-refractivity contribution in [2.75, 3.05) is 19.6 Å². The monoisotopic (exact) mass is 305 g/mol. The van der Waals surface area contributed by atoms with Gasteiger partial charge in [-0.15, -0.1) is 5.10 Å². The SMILES string of the molecule is Cc1c(C(=O)N(CC(C)C)C2CC2)nnn1C1CCNCC1. The molecule has 22 heavy (non-hydrogen) atoms. The van der Waals surface area contributed by atoms with E-state index in [1.54, 1.807) is 0 Å². The Kier molecular flexibility index (Phi) is 4.47. The van der Waals surface area contributed by atoms with Crippen LogP contribution in [0.3, 0.4) is 0 Å². The van der Waals surface area contributed by atoms with Crippen molar-refractivity contribution in [1.82, 2.24) is 25.2 Å². The molecule has 1 aromatic heterocycles. The third-order valence-electron chi connectivity index (χ3n) is 4.59. The number of carbonyl (C=O) groups is 1. The van der Waals surface area contributed by atoms with Crippen molar-refractivity contribution >= 4 is 5.91 Å². The Hall–Kier alpha value is -1.43. The summed E-state index contributed by atoms with van der Waals surface area (Å²) in [4.78, 5) is 14.9. The number of carbonyl (C=O) groups excluding carboxylic acids is 1. The average molecular weight is 305 g/mol. The molecule has 6 nitrogen and oxygen atoms in total. The molecule has 1 amide bonds. The van der Waals surface area contributed by atoms with Crippen LogP contribution < -0.4 is 5.32 Å². The molecule has 122 valence electrons. The van der Waals surface area contributed by atoms with Crippen LogP contribution >= 0.6 is 0 Å². The van der Waals surface area contributed by atoms with Gasteiger partial charge in [0.25, 0.3) is 5.91 Å². The minimum atomic E-state index is 0.0638. The Morgan fingerprint density at radius 3 is 2.59 bits per heavy atom. The quantitative estimate of drug-likeness (QED) is 0.900. The van der Waals surface area contributed by atoms with E-state index in [2.05, 4.69) is 29.5 Å². The highest BCUT2D eigenvalue weighted by Crippen LogP contribution is 2.29. The standard InChI is InChI=1S/C16H27N5O/c1-11(2)10-20(13-4-5-13)16(22)15-12(3)21(19-18-15)14-6-8-17-9-7-14/h11,13-14,17H,4-10H2,1-3H3. The second-order valence-corrected chi connectivity index (χ2v) is 7.03. The molecule has 0 aromatic carbocycles. The van der Waals surface area contributed by atoms with Crippen molar-refractivity contribution < 1.29 is 4.79 Å². The lowest BCUT2D eigenvalue weighted by Crippen LogP contribution is -2.36. The highest BCUT2D eigenvalue weighted by molar-refractivity contribution is 5.93. The summed E-state index contributed by atoms with van der Waals surface area (Å²) in [5.41, 5.74) is 1.47. The highest BCUT2D eigenvalue weighted by Gasteiger charge is 2.35. The first kappa shape index (κ1) is 15.5. The van der Waals surface area contributed by atoms with Gasteiger partial charge < -0.3 is 10.2 Å². The number of hydrogen-bond donors (Lipinski definition) is 1. The van der Waals surface area contributed by atoms with E-state index in [1.165, 1.54) is 0 Å². The summed E-state index contributed by atoms with van der Waals surface area (Å²) in [6.07, 6.45) is 4.35. The molecule has 2 heterocycles. The fourth-order valence-electron chi connectivity index (χ4n) is 3.25. The minimum Gasteiger partial charge on any atom is -0.334 e. The molecule has 1 N–H and O–H groups in total. The Bertz CT molecular complexity index is 529. The van der Waals surface area contributed by atoms with Gasteiger partial charge in [-0.25, -0.2) is 4.68 Å².